The Balaban J connectivity index is 1.07. The van der Waals surface area contributed by atoms with Crippen molar-refractivity contribution in [2.75, 3.05) is 56.9 Å². The zero-order chi connectivity index (χ0) is 36.9. The van der Waals surface area contributed by atoms with Crippen LogP contribution >= 0.6 is 11.6 Å². The van der Waals surface area contributed by atoms with Crippen molar-refractivity contribution in [1.29, 1.82) is 0 Å². The first-order valence-corrected chi connectivity index (χ1v) is 19.3. The molecule has 0 saturated carbocycles. The van der Waals surface area contributed by atoms with Crippen LogP contribution in [0.5, 0.6) is 0 Å². The van der Waals surface area contributed by atoms with E-state index in [1.165, 1.54) is 0 Å². The van der Waals surface area contributed by atoms with Gasteiger partial charge in [0.05, 0.1) is 17.3 Å². The summed E-state index contributed by atoms with van der Waals surface area (Å²) in [7, 11) is 0. The molecule has 0 bridgehead atoms. The number of nitrogens with one attached hydrogen (secondary N) is 1. The van der Waals surface area contributed by atoms with Gasteiger partial charge in [0.25, 0.3) is 5.91 Å². The molecule has 13 heteroatoms. The third-order valence-corrected chi connectivity index (χ3v) is 11.9. The molecular formula is C39H53ClN6O6. The number of hydrogen-bond acceptors (Lipinski definition) is 7. The van der Waals surface area contributed by atoms with Crippen molar-refractivity contribution in [3.05, 3.63) is 58.1 Å². The molecule has 2 aromatic rings. The maximum absolute atomic E-state index is 14.2. The summed E-state index contributed by atoms with van der Waals surface area (Å²) in [6, 6.07) is 11.5. The van der Waals surface area contributed by atoms with E-state index in [4.69, 9.17) is 26.8 Å². The number of ether oxygens (including phenoxy) is 2. The summed E-state index contributed by atoms with van der Waals surface area (Å²) in [6.07, 6.45) is 3.95. The summed E-state index contributed by atoms with van der Waals surface area (Å²) in [5.74, 6) is 0.723. The minimum Gasteiger partial charge on any atom is -0.450 e. The highest BCUT2D eigenvalue weighted by atomic mass is 35.5. The molecule has 6 rings (SSSR count). The molecule has 0 aromatic heterocycles. The third kappa shape index (κ3) is 8.54. The Kier molecular flexibility index (Phi) is 12.0. The first kappa shape index (κ1) is 37.6. The first-order chi connectivity index (χ1) is 25.0. The van der Waals surface area contributed by atoms with E-state index >= 15 is 0 Å². The van der Waals surface area contributed by atoms with E-state index in [1.54, 1.807) is 11.0 Å². The lowest BCUT2D eigenvalue weighted by molar-refractivity contribution is -0.142. The van der Waals surface area contributed by atoms with Crippen LogP contribution in [0.1, 0.15) is 69.1 Å². The lowest BCUT2D eigenvalue weighted by Gasteiger charge is -2.43. The lowest BCUT2D eigenvalue weighted by atomic mass is 9.77. The van der Waals surface area contributed by atoms with Crippen molar-refractivity contribution in [3.8, 4) is 0 Å². The van der Waals surface area contributed by atoms with E-state index in [1.807, 2.05) is 58.9 Å². The fraction of sp³-hybridized carbons (Fsp3) is 0.590. The van der Waals surface area contributed by atoms with Gasteiger partial charge in [-0.05, 0) is 106 Å². The molecule has 0 spiro atoms. The number of anilines is 2. The second-order valence-electron chi connectivity index (χ2n) is 14.8. The quantitative estimate of drug-likeness (QED) is 0.317. The molecule has 2 aromatic carbocycles. The van der Waals surface area contributed by atoms with Crippen LogP contribution in [0.2, 0.25) is 5.02 Å². The minimum absolute atomic E-state index is 0.00244. The monoisotopic (exact) mass is 736 g/mol. The van der Waals surface area contributed by atoms with Gasteiger partial charge in [0, 0.05) is 63.5 Å². The molecule has 3 fully saturated rings. The maximum Gasteiger partial charge on any atom is 0.410 e. The lowest BCUT2D eigenvalue weighted by Crippen LogP contribution is -2.52. The predicted octanol–water partition coefficient (Wildman–Crippen LogP) is 6.33. The number of fused-ring (bicyclic) bond motifs is 1. The van der Waals surface area contributed by atoms with Gasteiger partial charge < -0.3 is 40.1 Å². The van der Waals surface area contributed by atoms with Crippen molar-refractivity contribution in [3.63, 3.8) is 0 Å². The molecule has 4 aliphatic heterocycles. The van der Waals surface area contributed by atoms with Gasteiger partial charge in [0.2, 0.25) is 0 Å². The van der Waals surface area contributed by atoms with Gasteiger partial charge in [0.1, 0.15) is 0 Å². The van der Waals surface area contributed by atoms with Crippen LogP contribution < -0.4 is 11.1 Å². The fourth-order valence-electron chi connectivity index (χ4n) is 8.54. The SMILES string of the molecule is CCOC(=O)N1CCC(C2CCN(C(=O)[C@@H](Cc3cc(C)c(N)c(Cl)c3)OC(=O)N3CCC(N4CCc5ccccc5NC4=O)CC3)CC2)CC1C. The Labute approximate surface area is 311 Å². The number of likely N-dealkylation sites (tertiary alicyclic amines) is 3. The average Bonchev–Trinajstić information content (AvgIpc) is 3.31. The molecule has 3 atom stereocenters. The highest BCUT2D eigenvalue weighted by Gasteiger charge is 2.38. The number of urea groups is 1. The van der Waals surface area contributed by atoms with Crippen LogP contribution in [0.15, 0.2) is 36.4 Å². The molecule has 3 saturated heterocycles. The number of hydrogen-bond donors (Lipinski definition) is 2. The smallest absolute Gasteiger partial charge is 0.410 e. The Hall–Kier alpha value is -4.19. The normalized spacial score (nSPS) is 22.3. The Morgan fingerprint density at radius 1 is 0.942 bits per heavy atom. The van der Waals surface area contributed by atoms with Crippen molar-refractivity contribution in [2.24, 2.45) is 11.8 Å². The fourth-order valence-corrected chi connectivity index (χ4v) is 8.83. The first-order valence-electron chi connectivity index (χ1n) is 18.9. The number of nitrogens with two attached hydrogens (primary N) is 1. The number of nitrogen functional groups attached to an aromatic ring is 1. The molecule has 282 valence electrons. The number of carbonyl (C=O) groups is 4. The number of carbonyl (C=O) groups excluding carboxylic acids is 4. The number of amides is 5. The van der Waals surface area contributed by atoms with Crippen molar-refractivity contribution >= 4 is 47.1 Å². The van der Waals surface area contributed by atoms with Gasteiger partial charge in [-0.25, -0.2) is 14.4 Å². The number of benzene rings is 2. The second-order valence-corrected chi connectivity index (χ2v) is 15.2. The summed E-state index contributed by atoms with van der Waals surface area (Å²) < 4.78 is 11.3. The van der Waals surface area contributed by atoms with Crippen molar-refractivity contribution < 1.29 is 28.7 Å². The number of nitrogens with zero attached hydrogens (tertiary/aromatic N) is 4. The Morgan fingerprint density at radius 2 is 1.63 bits per heavy atom. The number of aryl methyl sites for hydroxylation is 1. The number of piperidine rings is 3. The molecule has 4 heterocycles. The zero-order valence-corrected chi connectivity index (χ0v) is 31.4. The summed E-state index contributed by atoms with van der Waals surface area (Å²) >= 11 is 6.43. The number of halogens is 1. The van der Waals surface area contributed by atoms with E-state index in [2.05, 4.69) is 12.2 Å². The topological polar surface area (TPSA) is 138 Å². The third-order valence-electron chi connectivity index (χ3n) is 11.6. The van der Waals surface area contributed by atoms with Crippen LogP contribution in [0.4, 0.5) is 25.8 Å². The van der Waals surface area contributed by atoms with Gasteiger partial charge in [-0.1, -0.05) is 35.9 Å². The number of para-hydroxylation sites is 1. The zero-order valence-electron chi connectivity index (χ0n) is 30.7. The highest BCUT2D eigenvalue weighted by Crippen LogP contribution is 2.36. The van der Waals surface area contributed by atoms with Crippen LogP contribution in [0, 0.1) is 18.8 Å². The summed E-state index contributed by atoms with van der Waals surface area (Å²) in [6.45, 7) is 9.44. The van der Waals surface area contributed by atoms with E-state index in [-0.39, 0.29) is 36.5 Å². The Bertz CT molecular complexity index is 1600. The van der Waals surface area contributed by atoms with Crippen molar-refractivity contribution in [2.45, 2.75) is 90.3 Å². The maximum atomic E-state index is 14.2. The number of rotatable bonds is 7. The molecular weight excluding hydrogens is 684 g/mol. The minimum atomic E-state index is -1.02. The van der Waals surface area contributed by atoms with Gasteiger partial charge in [-0.15, -0.1) is 0 Å². The molecule has 52 heavy (non-hydrogen) atoms. The second kappa shape index (κ2) is 16.7. The van der Waals surface area contributed by atoms with E-state index in [0.717, 1.165) is 54.5 Å². The van der Waals surface area contributed by atoms with Gasteiger partial charge in [0.15, 0.2) is 6.10 Å². The predicted molar refractivity (Wildman–Crippen MR) is 200 cm³/mol. The van der Waals surface area contributed by atoms with Gasteiger partial charge in [-0.2, -0.15) is 0 Å². The molecule has 0 aliphatic carbocycles. The standard InChI is InChI=1S/C39H53ClN6O6/c1-4-51-39(50)45-19-12-30(22-26(45)3)28-9-15-43(16-10-28)36(47)34(24-27-21-25(2)35(41)32(40)23-27)52-38(49)44-17-13-31(14-18-44)46-20-11-29-7-5-6-8-33(29)42-37(46)48/h5-8,21,23,26,28,30-31,34H,4,9-20,22,24,41H2,1-3H3,(H,42,48)/t26?,30?,34-/m1/s1. The molecule has 0 radical (unpaired) electrons. The van der Waals surface area contributed by atoms with Crippen LogP contribution in [-0.4, -0.2) is 108 Å². The van der Waals surface area contributed by atoms with E-state index in [0.29, 0.717) is 81.3 Å². The van der Waals surface area contributed by atoms with E-state index < -0.39 is 12.2 Å². The summed E-state index contributed by atoms with van der Waals surface area (Å²) in [5, 5.41) is 3.45. The molecule has 12 nitrogen and oxygen atoms in total. The molecule has 2 unspecified atom stereocenters. The van der Waals surface area contributed by atoms with Crippen LogP contribution in [0.3, 0.4) is 0 Å². The molecule has 5 amide bonds. The van der Waals surface area contributed by atoms with Gasteiger partial charge in [-0.3, -0.25) is 4.79 Å². The van der Waals surface area contributed by atoms with Crippen LogP contribution in [-0.2, 0) is 27.1 Å². The average molecular weight is 737 g/mol. The molecule has 4 aliphatic rings. The van der Waals surface area contributed by atoms with E-state index in [9.17, 15) is 19.2 Å². The Morgan fingerprint density at radius 3 is 2.33 bits per heavy atom. The van der Waals surface area contributed by atoms with Gasteiger partial charge >= 0.3 is 18.2 Å². The van der Waals surface area contributed by atoms with Crippen LogP contribution in [0.25, 0.3) is 0 Å². The largest absolute Gasteiger partial charge is 0.450 e. The summed E-state index contributed by atoms with van der Waals surface area (Å²) in [4.78, 5) is 60.5. The molecule has 3 N–H and O–H groups in total. The van der Waals surface area contributed by atoms with Crippen molar-refractivity contribution in [1.82, 2.24) is 19.6 Å². The summed E-state index contributed by atoms with van der Waals surface area (Å²) in [5.41, 5.74) is 10.1. The highest BCUT2D eigenvalue weighted by molar-refractivity contribution is 6.33.